The highest BCUT2D eigenvalue weighted by atomic mass is 32.2. The van der Waals surface area contributed by atoms with Crippen LogP contribution in [0.4, 0.5) is 10.1 Å². The van der Waals surface area contributed by atoms with E-state index in [-0.39, 0.29) is 16.6 Å². The zero-order valence-corrected chi connectivity index (χ0v) is 19.2. The van der Waals surface area contributed by atoms with E-state index >= 15 is 0 Å². The van der Waals surface area contributed by atoms with Crippen LogP contribution < -0.4 is 5.32 Å². The second kappa shape index (κ2) is 9.29. The Morgan fingerprint density at radius 2 is 1.69 bits per heavy atom. The van der Waals surface area contributed by atoms with E-state index in [1.165, 1.54) is 22.5 Å². The van der Waals surface area contributed by atoms with Crippen LogP contribution in [-0.4, -0.2) is 56.3 Å². The van der Waals surface area contributed by atoms with Gasteiger partial charge in [0.2, 0.25) is 15.9 Å². The fourth-order valence-electron chi connectivity index (χ4n) is 4.81. The maximum Gasteiger partial charge on any atom is 0.243 e. The summed E-state index contributed by atoms with van der Waals surface area (Å²) in [4.78, 5) is 15.8. The topological polar surface area (TPSA) is 69.7 Å². The van der Waals surface area contributed by atoms with Crippen molar-refractivity contribution in [3.05, 3.63) is 59.9 Å². The van der Waals surface area contributed by atoms with Crippen LogP contribution in [0.3, 0.4) is 0 Å². The highest BCUT2D eigenvalue weighted by Gasteiger charge is 2.42. The molecule has 0 spiro atoms. The van der Waals surface area contributed by atoms with Crippen LogP contribution in [0.2, 0.25) is 0 Å². The van der Waals surface area contributed by atoms with Gasteiger partial charge in [-0.15, -0.1) is 0 Å². The number of rotatable bonds is 6. The molecule has 1 saturated heterocycles. The molecule has 1 aliphatic carbocycles. The van der Waals surface area contributed by atoms with Gasteiger partial charge in [0.1, 0.15) is 5.82 Å². The summed E-state index contributed by atoms with van der Waals surface area (Å²) in [5, 5.41) is 2.95. The largest absolute Gasteiger partial charge is 0.325 e. The molecule has 2 aromatic carbocycles. The van der Waals surface area contributed by atoms with E-state index in [0.717, 1.165) is 24.9 Å². The summed E-state index contributed by atoms with van der Waals surface area (Å²) in [5.74, 6) is -0.507. The Morgan fingerprint density at radius 1 is 1.03 bits per heavy atom. The molecule has 8 heteroatoms. The number of likely N-dealkylation sites (N-methyl/N-ethyl adjacent to an activating group) is 1. The summed E-state index contributed by atoms with van der Waals surface area (Å²) in [6.07, 6.45) is 3.21. The summed E-state index contributed by atoms with van der Waals surface area (Å²) < 4.78 is 41.2. The molecule has 0 atom stereocenters. The fraction of sp³-hybridized carbons (Fsp3) is 0.458. The van der Waals surface area contributed by atoms with Crippen LogP contribution in [0.1, 0.15) is 38.2 Å². The number of halogens is 1. The molecule has 1 heterocycles. The van der Waals surface area contributed by atoms with E-state index < -0.39 is 15.4 Å². The monoisotopic (exact) mass is 459 g/mol. The average molecular weight is 460 g/mol. The number of sulfonamides is 1. The number of anilines is 1. The van der Waals surface area contributed by atoms with Crippen LogP contribution in [0.5, 0.6) is 0 Å². The van der Waals surface area contributed by atoms with E-state index in [1.54, 1.807) is 30.3 Å². The van der Waals surface area contributed by atoms with E-state index in [1.807, 2.05) is 0 Å². The summed E-state index contributed by atoms with van der Waals surface area (Å²) in [6, 6.07) is 12.6. The predicted octanol–water partition coefficient (Wildman–Crippen LogP) is 3.60. The van der Waals surface area contributed by atoms with Crippen LogP contribution >= 0.6 is 0 Å². The first-order chi connectivity index (χ1) is 15.3. The molecule has 1 amide bonds. The number of piperazine rings is 1. The van der Waals surface area contributed by atoms with Crippen molar-refractivity contribution < 1.29 is 17.6 Å². The molecule has 1 N–H and O–H groups in total. The summed E-state index contributed by atoms with van der Waals surface area (Å²) >= 11 is 0. The lowest BCUT2D eigenvalue weighted by atomic mass is 9.78. The first-order valence-electron chi connectivity index (χ1n) is 11.3. The second-order valence-electron chi connectivity index (χ2n) is 8.62. The van der Waals surface area contributed by atoms with Crippen molar-refractivity contribution in [2.45, 2.75) is 42.9 Å². The second-order valence-corrected chi connectivity index (χ2v) is 10.6. The molecule has 1 saturated carbocycles. The first kappa shape index (κ1) is 22.9. The third-order valence-electron chi connectivity index (χ3n) is 6.80. The quantitative estimate of drug-likeness (QED) is 0.717. The number of hydrogen-bond donors (Lipinski definition) is 1. The van der Waals surface area contributed by atoms with Crippen molar-refractivity contribution in [1.82, 2.24) is 9.21 Å². The number of amides is 1. The average Bonchev–Trinajstić information content (AvgIpc) is 3.31. The molecule has 0 aromatic heterocycles. The molecule has 32 heavy (non-hydrogen) atoms. The van der Waals surface area contributed by atoms with Crippen molar-refractivity contribution >= 4 is 21.6 Å². The van der Waals surface area contributed by atoms with E-state index in [9.17, 15) is 17.6 Å². The molecule has 172 valence electrons. The third kappa shape index (κ3) is 4.44. The molecule has 6 nitrogen and oxygen atoms in total. The molecule has 4 rings (SSSR count). The highest BCUT2D eigenvalue weighted by molar-refractivity contribution is 7.89. The van der Waals surface area contributed by atoms with Crippen molar-refractivity contribution in [2.24, 2.45) is 0 Å². The Bertz CT molecular complexity index is 1060. The molecule has 2 aliphatic rings. The zero-order chi connectivity index (χ0) is 22.8. The number of carbonyl (C=O) groups excluding carboxylic acids is 1. The minimum Gasteiger partial charge on any atom is -0.325 e. The number of benzene rings is 2. The van der Waals surface area contributed by atoms with Crippen molar-refractivity contribution in [2.75, 3.05) is 38.0 Å². The number of nitrogens with zero attached hydrogens (tertiary/aromatic N) is 2. The molecular weight excluding hydrogens is 429 g/mol. The Morgan fingerprint density at radius 3 is 2.31 bits per heavy atom. The standard InChI is InChI=1S/C24H30FN3O3S/c1-2-27-14-16-28(17-15-27)32(30,31)22-7-5-6-21(18-22)26-23(29)24(12-3-4-13-24)19-8-10-20(25)11-9-19/h5-11,18H,2-4,12-17H2,1H3,(H,26,29). The number of hydrogen-bond acceptors (Lipinski definition) is 4. The van der Waals surface area contributed by atoms with E-state index in [4.69, 9.17) is 0 Å². The minimum atomic E-state index is -3.63. The highest BCUT2D eigenvalue weighted by Crippen LogP contribution is 2.42. The number of nitrogens with one attached hydrogen (secondary N) is 1. The van der Waals surface area contributed by atoms with E-state index in [0.29, 0.717) is 44.7 Å². The van der Waals surface area contributed by atoms with E-state index in [2.05, 4.69) is 17.1 Å². The van der Waals surface area contributed by atoms with Crippen molar-refractivity contribution in [1.29, 1.82) is 0 Å². The summed E-state index contributed by atoms with van der Waals surface area (Å²) in [7, 11) is -3.63. The van der Waals surface area contributed by atoms with Gasteiger partial charge in [-0.1, -0.05) is 38.0 Å². The molecule has 1 aliphatic heterocycles. The minimum absolute atomic E-state index is 0.173. The Balaban J connectivity index is 1.54. The molecule has 2 aromatic rings. The zero-order valence-electron chi connectivity index (χ0n) is 18.4. The van der Waals surface area contributed by atoms with Gasteiger partial charge in [-0.2, -0.15) is 4.31 Å². The lowest BCUT2D eigenvalue weighted by Gasteiger charge is -2.33. The van der Waals surface area contributed by atoms with Crippen LogP contribution in [-0.2, 0) is 20.2 Å². The van der Waals surface area contributed by atoms with Gasteiger partial charge in [0.25, 0.3) is 0 Å². The Kier molecular flexibility index (Phi) is 6.65. The van der Waals surface area contributed by atoms with Gasteiger partial charge >= 0.3 is 0 Å². The SMILES string of the molecule is CCN1CCN(S(=O)(=O)c2cccc(NC(=O)C3(c4ccc(F)cc4)CCCC3)c2)CC1. The lowest BCUT2D eigenvalue weighted by Crippen LogP contribution is -2.48. The van der Waals surface area contributed by atoms with Crippen LogP contribution in [0.15, 0.2) is 53.4 Å². The molecule has 0 bridgehead atoms. The summed E-state index contributed by atoms with van der Waals surface area (Å²) in [5.41, 5.74) is 0.530. The lowest BCUT2D eigenvalue weighted by molar-refractivity contribution is -0.121. The predicted molar refractivity (Wildman–Crippen MR) is 122 cm³/mol. The van der Waals surface area contributed by atoms with Gasteiger partial charge in [-0.05, 0) is 55.3 Å². The molecule has 0 unspecified atom stereocenters. The molecule has 0 radical (unpaired) electrons. The van der Waals surface area contributed by atoms with Crippen molar-refractivity contribution in [3.63, 3.8) is 0 Å². The smallest absolute Gasteiger partial charge is 0.243 e. The Hall–Kier alpha value is -2.29. The molecular formula is C24H30FN3O3S. The van der Waals surface area contributed by atoms with Gasteiger partial charge in [0.05, 0.1) is 10.3 Å². The maximum absolute atomic E-state index is 13.4. The summed E-state index contributed by atoms with van der Waals surface area (Å²) in [6.45, 7) is 5.32. The first-order valence-corrected chi connectivity index (χ1v) is 12.7. The van der Waals surface area contributed by atoms with Crippen LogP contribution in [0, 0.1) is 5.82 Å². The van der Waals surface area contributed by atoms with Gasteiger partial charge in [0, 0.05) is 31.9 Å². The fourth-order valence-corrected chi connectivity index (χ4v) is 6.28. The molecule has 2 fully saturated rings. The van der Waals surface area contributed by atoms with Gasteiger partial charge in [-0.25, -0.2) is 12.8 Å². The Labute approximate surface area is 189 Å². The van der Waals surface area contributed by atoms with Gasteiger partial charge in [-0.3, -0.25) is 4.79 Å². The van der Waals surface area contributed by atoms with Gasteiger partial charge < -0.3 is 10.2 Å². The van der Waals surface area contributed by atoms with Gasteiger partial charge in [0.15, 0.2) is 0 Å². The number of carbonyl (C=O) groups is 1. The maximum atomic E-state index is 13.4. The normalized spacial score (nSPS) is 19.7. The third-order valence-corrected chi connectivity index (χ3v) is 8.69. The van der Waals surface area contributed by atoms with Crippen molar-refractivity contribution in [3.8, 4) is 0 Å². The van der Waals surface area contributed by atoms with Crippen LogP contribution in [0.25, 0.3) is 0 Å².